The van der Waals surface area contributed by atoms with E-state index in [2.05, 4.69) is 4.90 Å². The summed E-state index contributed by atoms with van der Waals surface area (Å²) in [7, 11) is 0. The van der Waals surface area contributed by atoms with Gasteiger partial charge in [-0.15, -0.1) is 0 Å². The van der Waals surface area contributed by atoms with E-state index in [1.165, 1.54) is 37.8 Å². The van der Waals surface area contributed by atoms with Gasteiger partial charge in [0.05, 0.1) is 5.56 Å². The maximum atomic E-state index is 13.1. The van der Waals surface area contributed by atoms with Crippen molar-refractivity contribution >= 4 is 5.91 Å². The number of hydrogen-bond acceptors (Lipinski definition) is 3. The summed E-state index contributed by atoms with van der Waals surface area (Å²) in [5.74, 6) is -1.01. The number of aromatic hydroxyl groups is 1. The molecule has 3 rings (SSSR count). The average molecular weight is 306 g/mol. The normalized spacial score (nSPS) is 21.0. The molecule has 1 saturated carbocycles. The van der Waals surface area contributed by atoms with Crippen molar-refractivity contribution in [2.24, 2.45) is 0 Å². The minimum absolute atomic E-state index is 0.190. The van der Waals surface area contributed by atoms with E-state index in [0.717, 1.165) is 25.6 Å². The molecule has 2 fully saturated rings. The number of phenolic OH excluding ortho intramolecular Hbond substituents is 1. The van der Waals surface area contributed by atoms with Crippen molar-refractivity contribution in [1.82, 2.24) is 9.80 Å². The van der Waals surface area contributed by atoms with Crippen molar-refractivity contribution in [3.8, 4) is 5.75 Å². The number of phenols is 1. The minimum atomic E-state index is -0.530. The zero-order valence-corrected chi connectivity index (χ0v) is 12.8. The molecular weight excluding hydrogens is 283 g/mol. The molecule has 1 saturated heterocycles. The molecule has 0 bridgehead atoms. The van der Waals surface area contributed by atoms with E-state index in [4.69, 9.17) is 0 Å². The lowest BCUT2D eigenvalue weighted by atomic mass is 10.1. The highest BCUT2D eigenvalue weighted by Gasteiger charge is 2.27. The van der Waals surface area contributed by atoms with Crippen LogP contribution in [0.15, 0.2) is 18.2 Å². The van der Waals surface area contributed by atoms with Gasteiger partial charge in [0.15, 0.2) is 0 Å². The van der Waals surface area contributed by atoms with Crippen molar-refractivity contribution in [2.75, 3.05) is 26.2 Å². The summed E-state index contributed by atoms with van der Waals surface area (Å²) >= 11 is 0. The van der Waals surface area contributed by atoms with Crippen LogP contribution in [0.25, 0.3) is 0 Å². The number of hydrogen-bond donors (Lipinski definition) is 1. The Hall–Kier alpha value is -1.62. The molecule has 4 nitrogen and oxygen atoms in total. The Morgan fingerprint density at radius 1 is 1.09 bits per heavy atom. The van der Waals surface area contributed by atoms with Crippen LogP contribution in [-0.4, -0.2) is 53.0 Å². The Kier molecular flexibility index (Phi) is 4.62. The largest absolute Gasteiger partial charge is 0.507 e. The van der Waals surface area contributed by atoms with Crippen molar-refractivity contribution in [3.05, 3.63) is 29.6 Å². The molecule has 1 amide bonds. The molecule has 120 valence electrons. The first kappa shape index (κ1) is 15.3. The molecule has 1 heterocycles. The van der Waals surface area contributed by atoms with Gasteiger partial charge in [-0.3, -0.25) is 9.69 Å². The second-order valence-electron chi connectivity index (χ2n) is 6.28. The van der Waals surface area contributed by atoms with Crippen LogP contribution in [0.5, 0.6) is 5.75 Å². The van der Waals surface area contributed by atoms with Crippen molar-refractivity contribution in [3.63, 3.8) is 0 Å². The molecule has 22 heavy (non-hydrogen) atoms. The maximum absolute atomic E-state index is 13.1. The Balaban J connectivity index is 1.66. The fourth-order valence-corrected chi connectivity index (χ4v) is 3.63. The van der Waals surface area contributed by atoms with Crippen LogP contribution in [-0.2, 0) is 0 Å². The number of nitrogens with zero attached hydrogens (tertiary/aromatic N) is 2. The quantitative estimate of drug-likeness (QED) is 0.913. The fraction of sp³-hybridized carbons (Fsp3) is 0.588. The third kappa shape index (κ3) is 3.24. The first-order valence-electron chi connectivity index (χ1n) is 8.17. The topological polar surface area (TPSA) is 43.8 Å². The second kappa shape index (κ2) is 6.65. The highest BCUT2D eigenvalue weighted by molar-refractivity contribution is 5.96. The summed E-state index contributed by atoms with van der Waals surface area (Å²) in [6, 6.07) is 4.26. The molecule has 1 aliphatic heterocycles. The Labute approximate surface area is 130 Å². The predicted octanol–water partition coefficient (Wildman–Crippen LogP) is 2.62. The van der Waals surface area contributed by atoms with Crippen LogP contribution >= 0.6 is 0 Å². The number of rotatable bonds is 2. The molecule has 0 unspecified atom stereocenters. The Bertz CT molecular complexity index is 543. The summed E-state index contributed by atoms with van der Waals surface area (Å²) in [5.41, 5.74) is 0.190. The summed E-state index contributed by atoms with van der Waals surface area (Å²) in [5, 5.41) is 9.79. The highest BCUT2D eigenvalue weighted by Crippen LogP contribution is 2.25. The molecular formula is C17H23FN2O2. The summed E-state index contributed by atoms with van der Waals surface area (Å²) in [6.45, 7) is 3.28. The standard InChI is InChI=1S/C17H23FN2O2/c18-13-6-7-15(16(21)12-13)17(22)20-9-3-8-19(10-11-20)14-4-1-2-5-14/h6-7,12,14,21H,1-5,8-11H2. The first-order valence-corrected chi connectivity index (χ1v) is 8.17. The van der Waals surface area contributed by atoms with Crippen LogP contribution in [0.2, 0.25) is 0 Å². The average Bonchev–Trinajstić information content (AvgIpc) is 2.91. The number of carbonyl (C=O) groups excluding carboxylic acids is 1. The van der Waals surface area contributed by atoms with Gasteiger partial charge < -0.3 is 10.0 Å². The third-order valence-electron chi connectivity index (χ3n) is 4.85. The number of halogens is 1. The van der Waals surface area contributed by atoms with E-state index >= 15 is 0 Å². The van der Waals surface area contributed by atoms with E-state index in [9.17, 15) is 14.3 Å². The lowest BCUT2D eigenvalue weighted by molar-refractivity contribution is 0.0755. The van der Waals surface area contributed by atoms with E-state index < -0.39 is 5.82 Å². The molecule has 1 N–H and O–H groups in total. The van der Waals surface area contributed by atoms with Gasteiger partial charge >= 0.3 is 0 Å². The van der Waals surface area contributed by atoms with Crippen molar-refractivity contribution in [2.45, 2.75) is 38.1 Å². The zero-order chi connectivity index (χ0) is 15.5. The van der Waals surface area contributed by atoms with Gasteiger partial charge in [0.2, 0.25) is 0 Å². The molecule has 2 aliphatic rings. The van der Waals surface area contributed by atoms with Gasteiger partial charge in [-0.1, -0.05) is 12.8 Å². The van der Waals surface area contributed by atoms with Crippen LogP contribution in [0.3, 0.4) is 0 Å². The lowest BCUT2D eigenvalue weighted by Gasteiger charge is -2.27. The molecule has 0 radical (unpaired) electrons. The van der Waals surface area contributed by atoms with Gasteiger partial charge in [-0.2, -0.15) is 0 Å². The number of carbonyl (C=O) groups is 1. The van der Waals surface area contributed by atoms with E-state index in [0.29, 0.717) is 19.1 Å². The minimum Gasteiger partial charge on any atom is -0.507 e. The maximum Gasteiger partial charge on any atom is 0.257 e. The van der Waals surface area contributed by atoms with Gasteiger partial charge in [0.1, 0.15) is 11.6 Å². The van der Waals surface area contributed by atoms with Crippen molar-refractivity contribution in [1.29, 1.82) is 0 Å². The molecule has 5 heteroatoms. The van der Waals surface area contributed by atoms with Crippen LogP contribution in [0.4, 0.5) is 4.39 Å². The third-order valence-corrected chi connectivity index (χ3v) is 4.85. The van der Waals surface area contributed by atoms with E-state index in [1.54, 1.807) is 4.90 Å². The molecule has 1 aliphatic carbocycles. The second-order valence-corrected chi connectivity index (χ2v) is 6.28. The zero-order valence-electron chi connectivity index (χ0n) is 12.8. The molecule has 0 atom stereocenters. The van der Waals surface area contributed by atoms with E-state index in [-0.39, 0.29) is 17.2 Å². The SMILES string of the molecule is O=C(c1ccc(F)cc1O)N1CCCN(C2CCCC2)CC1. The highest BCUT2D eigenvalue weighted by atomic mass is 19.1. The van der Waals surface area contributed by atoms with Crippen LogP contribution in [0.1, 0.15) is 42.5 Å². The number of amides is 1. The van der Waals surface area contributed by atoms with Crippen molar-refractivity contribution < 1.29 is 14.3 Å². The molecule has 0 aromatic heterocycles. The number of benzene rings is 1. The first-order chi connectivity index (χ1) is 10.6. The van der Waals surface area contributed by atoms with Gasteiger partial charge in [-0.25, -0.2) is 4.39 Å². The summed E-state index contributed by atoms with van der Waals surface area (Å²) < 4.78 is 13.1. The smallest absolute Gasteiger partial charge is 0.257 e. The summed E-state index contributed by atoms with van der Waals surface area (Å²) in [6.07, 6.45) is 6.12. The van der Waals surface area contributed by atoms with Gasteiger partial charge in [-0.05, 0) is 31.4 Å². The molecule has 1 aromatic carbocycles. The monoisotopic (exact) mass is 306 g/mol. The van der Waals surface area contributed by atoms with Crippen LogP contribution in [0, 0.1) is 5.82 Å². The van der Waals surface area contributed by atoms with E-state index in [1.807, 2.05) is 0 Å². The predicted molar refractivity (Wildman–Crippen MR) is 82.4 cm³/mol. The molecule has 0 spiro atoms. The lowest BCUT2D eigenvalue weighted by Crippen LogP contribution is -2.38. The molecule has 1 aromatic rings. The fourth-order valence-electron chi connectivity index (χ4n) is 3.63. The van der Waals surface area contributed by atoms with Gasteiger partial charge in [0, 0.05) is 38.3 Å². The summed E-state index contributed by atoms with van der Waals surface area (Å²) in [4.78, 5) is 16.8. The van der Waals surface area contributed by atoms with Gasteiger partial charge in [0.25, 0.3) is 5.91 Å². The Morgan fingerprint density at radius 3 is 2.59 bits per heavy atom. The Morgan fingerprint density at radius 2 is 1.86 bits per heavy atom. The van der Waals surface area contributed by atoms with Crippen LogP contribution < -0.4 is 0 Å².